The molecule has 0 radical (unpaired) electrons. The van der Waals surface area contributed by atoms with Gasteiger partial charge in [0, 0.05) is 6.04 Å². The number of nitrogens with one attached hydrogen (secondary N) is 1. The second kappa shape index (κ2) is 5.44. The summed E-state index contributed by atoms with van der Waals surface area (Å²) in [5.41, 5.74) is 3.57. The summed E-state index contributed by atoms with van der Waals surface area (Å²) in [5.74, 6) is 5.14. The van der Waals surface area contributed by atoms with Crippen LogP contribution < -0.4 is 11.3 Å². The highest BCUT2D eigenvalue weighted by Crippen LogP contribution is 2.22. The topological polar surface area (TPSA) is 38.0 Å². The molecule has 0 fully saturated rings. The lowest BCUT2D eigenvalue weighted by molar-refractivity contribution is 0.505. The molecule has 0 spiro atoms. The smallest absolute Gasteiger partial charge is 0.137 e. The normalized spacial score (nSPS) is 12.9. The van der Waals surface area contributed by atoms with Gasteiger partial charge >= 0.3 is 0 Å². The molecular formula is C10H14BrFN2. The molecule has 0 saturated carbocycles. The summed E-state index contributed by atoms with van der Waals surface area (Å²) >= 11 is 3.11. The molecule has 2 nitrogen and oxygen atoms in total. The van der Waals surface area contributed by atoms with Crippen molar-refractivity contribution in [1.29, 1.82) is 0 Å². The predicted molar refractivity (Wildman–Crippen MR) is 59.1 cm³/mol. The lowest BCUT2D eigenvalue weighted by Gasteiger charge is -2.15. The van der Waals surface area contributed by atoms with Crippen molar-refractivity contribution < 1.29 is 4.39 Å². The van der Waals surface area contributed by atoms with Gasteiger partial charge < -0.3 is 0 Å². The van der Waals surface area contributed by atoms with Crippen LogP contribution >= 0.6 is 15.9 Å². The number of halogens is 2. The van der Waals surface area contributed by atoms with E-state index in [-0.39, 0.29) is 11.9 Å². The van der Waals surface area contributed by atoms with Crippen molar-refractivity contribution >= 4 is 15.9 Å². The third-order valence-electron chi connectivity index (χ3n) is 2.12. The molecule has 1 atom stereocenters. The fourth-order valence-electron chi connectivity index (χ4n) is 1.36. The van der Waals surface area contributed by atoms with Crippen LogP contribution in [0.5, 0.6) is 0 Å². The minimum absolute atomic E-state index is 0.0302. The van der Waals surface area contributed by atoms with Gasteiger partial charge in [0.25, 0.3) is 0 Å². The summed E-state index contributed by atoms with van der Waals surface area (Å²) < 4.78 is 13.7. The Balaban J connectivity index is 2.88. The Morgan fingerprint density at radius 2 is 2.29 bits per heavy atom. The monoisotopic (exact) mass is 260 g/mol. The number of benzene rings is 1. The van der Waals surface area contributed by atoms with Crippen molar-refractivity contribution in [3.63, 3.8) is 0 Å². The van der Waals surface area contributed by atoms with Gasteiger partial charge in [-0.05, 0) is 40.0 Å². The van der Waals surface area contributed by atoms with Gasteiger partial charge in [-0.25, -0.2) is 4.39 Å². The number of hydrogen-bond donors (Lipinski definition) is 2. The van der Waals surface area contributed by atoms with E-state index < -0.39 is 0 Å². The summed E-state index contributed by atoms with van der Waals surface area (Å²) in [6.45, 7) is 2.07. The van der Waals surface area contributed by atoms with Gasteiger partial charge in [0.2, 0.25) is 0 Å². The zero-order valence-electron chi connectivity index (χ0n) is 8.06. The van der Waals surface area contributed by atoms with E-state index in [0.29, 0.717) is 4.47 Å². The molecule has 1 rings (SSSR count). The lowest BCUT2D eigenvalue weighted by atomic mass is 10.0. The van der Waals surface area contributed by atoms with Crippen LogP contribution in [0.2, 0.25) is 0 Å². The molecule has 78 valence electrons. The summed E-state index contributed by atoms with van der Waals surface area (Å²) in [6, 6.07) is 5.10. The van der Waals surface area contributed by atoms with Crippen LogP contribution in [0.4, 0.5) is 4.39 Å². The van der Waals surface area contributed by atoms with Gasteiger partial charge in [-0.3, -0.25) is 11.3 Å². The van der Waals surface area contributed by atoms with E-state index in [2.05, 4.69) is 28.3 Å². The number of hydrogen-bond acceptors (Lipinski definition) is 2. The van der Waals surface area contributed by atoms with Crippen LogP contribution in [-0.4, -0.2) is 0 Å². The summed E-state index contributed by atoms with van der Waals surface area (Å²) in [7, 11) is 0. The van der Waals surface area contributed by atoms with E-state index >= 15 is 0 Å². The quantitative estimate of drug-likeness (QED) is 0.646. The van der Waals surface area contributed by atoms with Crippen LogP contribution in [-0.2, 0) is 0 Å². The Morgan fingerprint density at radius 1 is 1.57 bits per heavy atom. The van der Waals surface area contributed by atoms with Gasteiger partial charge in [0.05, 0.1) is 4.47 Å². The van der Waals surface area contributed by atoms with Crippen LogP contribution in [0, 0.1) is 5.82 Å². The molecule has 1 unspecified atom stereocenters. The van der Waals surface area contributed by atoms with Gasteiger partial charge in [0.15, 0.2) is 0 Å². The Labute approximate surface area is 91.8 Å². The third kappa shape index (κ3) is 2.77. The van der Waals surface area contributed by atoms with Crippen molar-refractivity contribution in [3.05, 3.63) is 34.1 Å². The maximum absolute atomic E-state index is 13.2. The second-order valence-corrected chi connectivity index (χ2v) is 4.04. The van der Waals surface area contributed by atoms with Gasteiger partial charge in [0.1, 0.15) is 5.82 Å². The minimum atomic E-state index is -0.251. The number of hydrazine groups is 1. The summed E-state index contributed by atoms with van der Waals surface area (Å²) in [5, 5.41) is 0. The largest absolute Gasteiger partial charge is 0.271 e. The molecule has 0 saturated heterocycles. The van der Waals surface area contributed by atoms with Gasteiger partial charge in [-0.1, -0.05) is 19.4 Å². The van der Waals surface area contributed by atoms with Crippen molar-refractivity contribution in [1.82, 2.24) is 5.43 Å². The predicted octanol–water partition coefficient (Wildman–Crippen LogP) is 2.89. The summed E-state index contributed by atoms with van der Waals surface area (Å²) in [4.78, 5) is 0. The molecule has 0 aliphatic carbocycles. The third-order valence-corrected chi connectivity index (χ3v) is 2.77. The van der Waals surface area contributed by atoms with E-state index in [0.717, 1.165) is 18.4 Å². The average molecular weight is 261 g/mol. The molecule has 1 aromatic carbocycles. The minimum Gasteiger partial charge on any atom is -0.271 e. The van der Waals surface area contributed by atoms with Crippen LogP contribution in [0.15, 0.2) is 22.7 Å². The SMILES string of the molecule is CCCC(NN)c1ccc(Br)c(F)c1. The molecule has 0 bridgehead atoms. The Kier molecular flexibility index (Phi) is 4.51. The molecule has 0 aromatic heterocycles. The summed E-state index contributed by atoms with van der Waals surface area (Å²) in [6.07, 6.45) is 1.91. The van der Waals surface area contributed by atoms with Crippen LogP contribution in [0.1, 0.15) is 31.4 Å². The first-order valence-corrected chi connectivity index (χ1v) is 5.39. The maximum Gasteiger partial charge on any atom is 0.137 e. The van der Waals surface area contributed by atoms with Gasteiger partial charge in [-0.15, -0.1) is 0 Å². The van der Waals surface area contributed by atoms with Crippen molar-refractivity contribution in [3.8, 4) is 0 Å². The van der Waals surface area contributed by atoms with E-state index in [1.807, 2.05) is 6.07 Å². The number of nitrogens with two attached hydrogens (primary N) is 1. The molecule has 1 aromatic rings. The first kappa shape index (κ1) is 11.6. The maximum atomic E-state index is 13.2. The van der Waals surface area contributed by atoms with Crippen molar-refractivity contribution in [2.45, 2.75) is 25.8 Å². The lowest BCUT2D eigenvalue weighted by Crippen LogP contribution is -2.27. The van der Waals surface area contributed by atoms with Crippen LogP contribution in [0.25, 0.3) is 0 Å². The molecule has 14 heavy (non-hydrogen) atoms. The zero-order chi connectivity index (χ0) is 10.6. The van der Waals surface area contributed by atoms with E-state index in [4.69, 9.17) is 5.84 Å². The molecule has 4 heteroatoms. The van der Waals surface area contributed by atoms with Crippen LogP contribution in [0.3, 0.4) is 0 Å². The molecular weight excluding hydrogens is 247 g/mol. The van der Waals surface area contributed by atoms with Crippen molar-refractivity contribution in [2.24, 2.45) is 5.84 Å². The van der Waals surface area contributed by atoms with Gasteiger partial charge in [-0.2, -0.15) is 0 Å². The Hall–Kier alpha value is -0.450. The Bertz CT molecular complexity index is 304. The molecule has 0 amide bonds. The Morgan fingerprint density at radius 3 is 2.79 bits per heavy atom. The first-order valence-electron chi connectivity index (χ1n) is 4.60. The highest BCUT2D eigenvalue weighted by atomic mass is 79.9. The second-order valence-electron chi connectivity index (χ2n) is 3.18. The fourth-order valence-corrected chi connectivity index (χ4v) is 1.61. The molecule has 0 aliphatic heterocycles. The molecule has 3 N–H and O–H groups in total. The standard InChI is InChI=1S/C10H14BrFN2/c1-2-3-10(14-13)7-4-5-8(11)9(12)6-7/h4-6,10,14H,2-3,13H2,1H3. The molecule has 0 aliphatic rings. The number of rotatable bonds is 4. The fraction of sp³-hybridized carbons (Fsp3) is 0.400. The molecule has 0 heterocycles. The highest BCUT2D eigenvalue weighted by molar-refractivity contribution is 9.10. The average Bonchev–Trinajstić information content (AvgIpc) is 2.19. The van der Waals surface area contributed by atoms with E-state index in [1.165, 1.54) is 6.07 Å². The van der Waals surface area contributed by atoms with Crippen molar-refractivity contribution in [2.75, 3.05) is 0 Å². The highest BCUT2D eigenvalue weighted by Gasteiger charge is 2.10. The van der Waals surface area contributed by atoms with E-state index in [1.54, 1.807) is 6.07 Å². The first-order chi connectivity index (χ1) is 6.69. The zero-order valence-corrected chi connectivity index (χ0v) is 9.64. The van der Waals surface area contributed by atoms with E-state index in [9.17, 15) is 4.39 Å².